The molecule has 1 heterocycles. The van der Waals surface area contributed by atoms with E-state index in [0.717, 1.165) is 0 Å². The molecule has 1 rings (SSSR count). The van der Waals surface area contributed by atoms with E-state index in [4.69, 9.17) is 4.74 Å². The van der Waals surface area contributed by atoms with Crippen molar-refractivity contribution in [2.75, 3.05) is 30.7 Å². The van der Waals surface area contributed by atoms with E-state index >= 15 is 0 Å². The number of nitrogens with one attached hydrogen (secondary N) is 1. The van der Waals surface area contributed by atoms with Gasteiger partial charge in [-0.1, -0.05) is 27.7 Å². The van der Waals surface area contributed by atoms with Crippen LogP contribution in [0.3, 0.4) is 0 Å². The molecule has 0 aliphatic carbocycles. The lowest BCUT2D eigenvalue weighted by Crippen LogP contribution is -2.32. The number of aromatic nitrogens is 2. The second-order valence-electron chi connectivity index (χ2n) is 6.15. The molecule has 0 aliphatic heterocycles. The Kier molecular flexibility index (Phi) is 8.45. The number of hydrogen-bond acceptors (Lipinski definition) is 5. The van der Waals surface area contributed by atoms with Crippen molar-refractivity contribution in [1.29, 1.82) is 0 Å². The van der Waals surface area contributed by atoms with Gasteiger partial charge in [-0.05, 0) is 6.07 Å². The van der Waals surface area contributed by atoms with Gasteiger partial charge in [-0.3, -0.25) is 9.36 Å². The average Bonchev–Trinajstić information content (AvgIpc) is 2.59. The van der Waals surface area contributed by atoms with Crippen molar-refractivity contribution in [3.63, 3.8) is 0 Å². The molecule has 0 aromatic carbocycles. The number of amides is 1. The van der Waals surface area contributed by atoms with Crippen LogP contribution in [0.25, 0.3) is 0 Å². The zero-order valence-corrected chi connectivity index (χ0v) is 16.1. The lowest BCUT2D eigenvalue weighted by atomic mass is 10.2. The van der Waals surface area contributed by atoms with Gasteiger partial charge in [0.15, 0.2) is 0 Å². The first-order chi connectivity index (χ1) is 11.7. The van der Waals surface area contributed by atoms with Gasteiger partial charge in [-0.25, -0.2) is 9.18 Å². The monoisotopic (exact) mass is 375 g/mol. The van der Waals surface area contributed by atoms with Gasteiger partial charge in [0.25, 0.3) is 0 Å². The van der Waals surface area contributed by atoms with Crippen LogP contribution in [0.1, 0.15) is 27.7 Å². The van der Waals surface area contributed by atoms with Crippen LogP contribution in [0.4, 0.5) is 10.2 Å². The zero-order chi connectivity index (χ0) is 19.0. The Morgan fingerprint density at radius 3 is 2.52 bits per heavy atom. The predicted molar refractivity (Wildman–Crippen MR) is 96.4 cm³/mol. The van der Waals surface area contributed by atoms with Crippen molar-refractivity contribution in [1.82, 2.24) is 9.55 Å². The van der Waals surface area contributed by atoms with Gasteiger partial charge in [0.2, 0.25) is 5.91 Å². The van der Waals surface area contributed by atoms with Crippen molar-refractivity contribution in [3.8, 4) is 0 Å². The highest BCUT2D eigenvalue weighted by molar-refractivity contribution is 7.63. The summed E-state index contributed by atoms with van der Waals surface area (Å²) in [4.78, 5) is 27.4. The first-order valence-electron chi connectivity index (χ1n) is 8.37. The maximum Gasteiger partial charge on any atom is 0.349 e. The highest BCUT2D eigenvalue weighted by atomic mass is 31.2. The summed E-state index contributed by atoms with van der Waals surface area (Å²) in [7, 11) is -2.44. The van der Waals surface area contributed by atoms with Gasteiger partial charge in [-0.15, -0.1) is 0 Å². The molecule has 0 spiro atoms. The van der Waals surface area contributed by atoms with E-state index in [1.54, 1.807) is 13.8 Å². The third kappa shape index (κ3) is 6.71. The Balaban J connectivity index is 2.75. The van der Waals surface area contributed by atoms with E-state index < -0.39 is 25.6 Å². The highest BCUT2D eigenvalue weighted by Gasteiger charge is 2.21. The second kappa shape index (κ2) is 9.82. The topological polar surface area (TPSA) is 90.3 Å². The first-order valence-corrected chi connectivity index (χ1v) is 10.6. The number of alkyl halides is 1. The Hall–Kier alpha value is -1.53. The van der Waals surface area contributed by atoms with E-state index in [1.165, 1.54) is 16.8 Å². The Labute approximate surface area is 147 Å². The van der Waals surface area contributed by atoms with Gasteiger partial charge in [0.05, 0.1) is 6.54 Å². The summed E-state index contributed by atoms with van der Waals surface area (Å²) in [6.45, 7) is 6.25. The van der Waals surface area contributed by atoms with E-state index in [2.05, 4.69) is 10.3 Å². The van der Waals surface area contributed by atoms with Crippen molar-refractivity contribution >= 4 is 18.9 Å². The standard InChI is InChI=1S/C16H27FN3O4P/c1-5-25(23,6-2)11-24-13(9-17)10-20-8-7-14(19-16(20)22)18-15(21)12(3)4/h7-8,12-13H,5-6,9-11H2,1-4H3,(H,18,19,21,22)/t13-/m1/s1. The fourth-order valence-electron chi connectivity index (χ4n) is 1.92. The zero-order valence-electron chi connectivity index (χ0n) is 15.2. The lowest BCUT2D eigenvalue weighted by molar-refractivity contribution is -0.118. The Morgan fingerprint density at radius 1 is 1.40 bits per heavy atom. The molecule has 25 heavy (non-hydrogen) atoms. The number of anilines is 1. The molecule has 0 unspecified atom stereocenters. The smallest absolute Gasteiger partial charge is 0.349 e. The van der Waals surface area contributed by atoms with Gasteiger partial charge < -0.3 is 14.6 Å². The number of hydrogen-bond donors (Lipinski definition) is 1. The van der Waals surface area contributed by atoms with Crippen LogP contribution < -0.4 is 11.0 Å². The van der Waals surface area contributed by atoms with Crippen molar-refractivity contribution in [3.05, 3.63) is 22.7 Å². The predicted octanol–water partition coefficient (Wildman–Crippen LogP) is 2.55. The average molecular weight is 375 g/mol. The molecular weight excluding hydrogens is 348 g/mol. The normalized spacial score (nSPS) is 13.0. The summed E-state index contributed by atoms with van der Waals surface area (Å²) in [6.07, 6.45) is 1.54. The molecule has 7 nitrogen and oxygen atoms in total. The highest BCUT2D eigenvalue weighted by Crippen LogP contribution is 2.44. The summed E-state index contributed by atoms with van der Waals surface area (Å²) in [5.74, 6) is -0.329. The number of ether oxygens (including phenoxy) is 1. The van der Waals surface area contributed by atoms with E-state index in [9.17, 15) is 18.5 Å². The van der Waals surface area contributed by atoms with Crippen LogP contribution >= 0.6 is 7.14 Å². The molecule has 0 saturated carbocycles. The second-order valence-corrected chi connectivity index (χ2v) is 9.79. The summed E-state index contributed by atoms with van der Waals surface area (Å²) >= 11 is 0. The summed E-state index contributed by atoms with van der Waals surface area (Å²) < 4.78 is 32.1. The molecule has 0 saturated heterocycles. The molecule has 9 heteroatoms. The Bertz CT molecular complexity index is 670. The van der Waals surface area contributed by atoms with E-state index in [-0.39, 0.29) is 30.5 Å². The van der Waals surface area contributed by atoms with Gasteiger partial charge in [0.1, 0.15) is 32.1 Å². The largest absolute Gasteiger partial charge is 0.366 e. The van der Waals surface area contributed by atoms with Gasteiger partial charge in [0, 0.05) is 24.4 Å². The van der Waals surface area contributed by atoms with Crippen molar-refractivity contribution in [2.45, 2.75) is 40.3 Å². The molecule has 0 aliphatic rings. The third-order valence-electron chi connectivity index (χ3n) is 3.92. The Morgan fingerprint density at radius 2 is 2.04 bits per heavy atom. The van der Waals surface area contributed by atoms with Crippen LogP contribution in [0.15, 0.2) is 17.1 Å². The third-order valence-corrected chi connectivity index (χ3v) is 6.85. The van der Waals surface area contributed by atoms with Gasteiger partial charge in [-0.2, -0.15) is 4.98 Å². The molecule has 0 fully saturated rings. The first kappa shape index (κ1) is 21.5. The number of rotatable bonds is 10. The minimum absolute atomic E-state index is 0.000699. The maximum atomic E-state index is 13.2. The van der Waals surface area contributed by atoms with Crippen LogP contribution in [-0.2, 0) is 20.6 Å². The van der Waals surface area contributed by atoms with Crippen LogP contribution in [0.2, 0.25) is 0 Å². The molecule has 0 bridgehead atoms. The summed E-state index contributed by atoms with van der Waals surface area (Å²) in [5.41, 5.74) is -0.613. The molecule has 1 aromatic heterocycles. The fourth-order valence-corrected chi connectivity index (χ4v) is 3.22. The number of carbonyl (C=O) groups excluding carboxylic acids is 1. The quantitative estimate of drug-likeness (QED) is 0.635. The van der Waals surface area contributed by atoms with Crippen molar-refractivity contribution in [2.24, 2.45) is 5.92 Å². The number of halogens is 1. The molecule has 1 aromatic rings. The number of nitrogens with zero attached hydrogens (tertiary/aromatic N) is 2. The van der Waals surface area contributed by atoms with Crippen LogP contribution in [0, 0.1) is 5.92 Å². The van der Waals surface area contributed by atoms with Gasteiger partial charge >= 0.3 is 5.69 Å². The number of carbonyl (C=O) groups is 1. The summed E-state index contributed by atoms with van der Waals surface area (Å²) in [6, 6.07) is 1.47. The minimum Gasteiger partial charge on any atom is -0.366 e. The molecular formula is C16H27FN3O4P. The van der Waals surface area contributed by atoms with E-state index in [0.29, 0.717) is 12.3 Å². The molecule has 1 N–H and O–H groups in total. The molecule has 1 amide bonds. The lowest BCUT2D eigenvalue weighted by Gasteiger charge is -2.20. The maximum absolute atomic E-state index is 13.2. The van der Waals surface area contributed by atoms with E-state index in [1.807, 2.05) is 13.8 Å². The SMILES string of the molecule is CCP(=O)(CC)CO[C@H](CF)Cn1ccc(NC(=O)C(C)C)nc1=O. The van der Waals surface area contributed by atoms with Crippen molar-refractivity contribution < 1.29 is 18.5 Å². The van der Waals surface area contributed by atoms with Crippen LogP contribution in [-0.4, -0.2) is 46.9 Å². The molecule has 0 radical (unpaired) electrons. The fraction of sp³-hybridized carbons (Fsp3) is 0.688. The van der Waals surface area contributed by atoms with Crippen LogP contribution in [0.5, 0.6) is 0 Å². The summed E-state index contributed by atoms with van der Waals surface area (Å²) in [5, 5.41) is 2.53. The molecule has 142 valence electrons. The minimum atomic E-state index is -2.44. The molecule has 1 atom stereocenters.